The van der Waals surface area contributed by atoms with Crippen LogP contribution in [-0.2, 0) is 9.59 Å². The molecule has 0 saturated carbocycles. The van der Waals surface area contributed by atoms with Crippen molar-refractivity contribution in [3.8, 4) is 5.75 Å². The van der Waals surface area contributed by atoms with Crippen LogP contribution in [0, 0.1) is 5.92 Å². The molecule has 1 aromatic heterocycles. The van der Waals surface area contributed by atoms with E-state index in [1.54, 1.807) is 7.11 Å². The van der Waals surface area contributed by atoms with Gasteiger partial charge < -0.3 is 19.0 Å². The van der Waals surface area contributed by atoms with Crippen LogP contribution >= 0.6 is 0 Å². The van der Waals surface area contributed by atoms with Gasteiger partial charge in [0.2, 0.25) is 11.8 Å². The highest BCUT2D eigenvalue weighted by molar-refractivity contribution is 5.90. The minimum atomic E-state index is -0.367. The highest BCUT2D eigenvalue weighted by Gasteiger charge is 2.46. The molecule has 2 atom stereocenters. The molecule has 3 aromatic rings. The summed E-state index contributed by atoms with van der Waals surface area (Å²) in [6.45, 7) is 4.09. The van der Waals surface area contributed by atoms with Crippen LogP contribution in [-0.4, -0.2) is 53.3 Å². The predicted molar refractivity (Wildman–Crippen MR) is 133 cm³/mol. The zero-order valence-corrected chi connectivity index (χ0v) is 20.5. The van der Waals surface area contributed by atoms with Crippen LogP contribution in [0.1, 0.15) is 62.4 Å². The molecule has 0 spiro atoms. The molecule has 2 fully saturated rings. The highest BCUT2D eigenvalue weighted by atomic mass is 16.5. The van der Waals surface area contributed by atoms with E-state index >= 15 is 0 Å². The zero-order valence-electron chi connectivity index (χ0n) is 20.5. The van der Waals surface area contributed by atoms with Crippen LogP contribution in [0.4, 0.5) is 0 Å². The van der Waals surface area contributed by atoms with Gasteiger partial charge in [-0.1, -0.05) is 37.6 Å². The van der Waals surface area contributed by atoms with Gasteiger partial charge in [0, 0.05) is 32.0 Å². The van der Waals surface area contributed by atoms with Crippen LogP contribution in [0.25, 0.3) is 11.1 Å². The van der Waals surface area contributed by atoms with Gasteiger partial charge >= 0.3 is 0 Å². The Labute approximate surface area is 206 Å². The molecule has 0 unspecified atom stereocenters. The van der Waals surface area contributed by atoms with Gasteiger partial charge in [-0.2, -0.15) is 0 Å². The van der Waals surface area contributed by atoms with Crippen LogP contribution in [0.15, 0.2) is 52.9 Å². The van der Waals surface area contributed by atoms with Crippen molar-refractivity contribution in [3.63, 3.8) is 0 Å². The SMILES string of the molecule is CCCCN1C(=O)C[C@@H](C(=O)N2CCC(c3nc4ccccc4o3)CC2)[C@H]1c1ccc(OC)cc1. The summed E-state index contributed by atoms with van der Waals surface area (Å²) in [6.07, 6.45) is 3.82. The number of nitrogens with zero attached hydrogens (tertiary/aromatic N) is 3. The minimum Gasteiger partial charge on any atom is -0.497 e. The second-order valence-electron chi connectivity index (χ2n) is 9.59. The third kappa shape index (κ3) is 4.64. The third-order valence-electron chi connectivity index (χ3n) is 7.43. The standard InChI is InChI=1S/C28H33N3O4/c1-3-4-15-31-25(32)18-22(26(31)19-9-11-21(34-2)12-10-19)28(33)30-16-13-20(14-17-30)27-29-23-7-5-6-8-24(23)35-27/h5-12,20,22,26H,3-4,13-18H2,1-2H3/t22-,26-/m1/s1. The second kappa shape index (κ2) is 10.1. The van der Waals surface area contributed by atoms with Crippen molar-refractivity contribution in [2.75, 3.05) is 26.7 Å². The number of methoxy groups -OCH3 is 1. The number of carbonyl (C=O) groups is 2. The van der Waals surface area contributed by atoms with Crippen LogP contribution < -0.4 is 4.74 Å². The van der Waals surface area contributed by atoms with Gasteiger partial charge in [0.25, 0.3) is 0 Å². The molecule has 184 valence electrons. The molecule has 2 aromatic carbocycles. The topological polar surface area (TPSA) is 75.9 Å². The lowest BCUT2D eigenvalue weighted by molar-refractivity contribution is -0.137. The number of hydrogen-bond donors (Lipinski definition) is 0. The predicted octanol–water partition coefficient (Wildman–Crippen LogP) is 4.93. The van der Waals surface area contributed by atoms with Gasteiger partial charge in [0.05, 0.1) is 19.1 Å². The Morgan fingerprint density at radius 1 is 1.11 bits per heavy atom. The maximum Gasteiger partial charge on any atom is 0.228 e. The molecular formula is C28H33N3O4. The largest absolute Gasteiger partial charge is 0.497 e. The number of unbranched alkanes of at least 4 members (excludes halogenated alkanes) is 1. The van der Waals surface area contributed by atoms with E-state index in [0.29, 0.717) is 19.6 Å². The zero-order chi connectivity index (χ0) is 24.4. The number of hydrogen-bond acceptors (Lipinski definition) is 5. The van der Waals surface area contributed by atoms with Crippen LogP contribution in [0.3, 0.4) is 0 Å². The number of rotatable bonds is 7. The second-order valence-corrected chi connectivity index (χ2v) is 9.59. The van der Waals surface area contributed by atoms with Crippen molar-refractivity contribution in [3.05, 3.63) is 60.0 Å². The maximum absolute atomic E-state index is 13.7. The first-order valence-electron chi connectivity index (χ1n) is 12.7. The van der Waals surface area contributed by atoms with Gasteiger partial charge in [0.1, 0.15) is 11.3 Å². The Kier molecular flexibility index (Phi) is 6.75. The molecule has 0 bridgehead atoms. The molecule has 0 radical (unpaired) electrons. The number of aromatic nitrogens is 1. The average molecular weight is 476 g/mol. The summed E-state index contributed by atoms with van der Waals surface area (Å²) in [7, 11) is 1.64. The average Bonchev–Trinajstić information content (AvgIpc) is 3.48. The van der Waals surface area contributed by atoms with Crippen molar-refractivity contribution < 1.29 is 18.7 Å². The lowest BCUT2D eigenvalue weighted by Crippen LogP contribution is -2.43. The van der Waals surface area contributed by atoms with Gasteiger partial charge in [-0.3, -0.25) is 9.59 Å². The number of oxazole rings is 1. The molecule has 3 heterocycles. The molecule has 2 aliphatic rings. The van der Waals surface area contributed by atoms with E-state index in [-0.39, 0.29) is 36.1 Å². The monoisotopic (exact) mass is 475 g/mol. The van der Waals surface area contributed by atoms with E-state index in [2.05, 4.69) is 11.9 Å². The lowest BCUT2D eigenvalue weighted by Gasteiger charge is -2.35. The lowest BCUT2D eigenvalue weighted by atomic mass is 9.90. The fourth-order valence-corrected chi connectivity index (χ4v) is 5.46. The van der Waals surface area contributed by atoms with Gasteiger partial charge in [-0.05, 0) is 49.1 Å². The van der Waals surface area contributed by atoms with Crippen molar-refractivity contribution >= 4 is 22.9 Å². The normalized spacial score (nSPS) is 21.1. The number of likely N-dealkylation sites (tertiary alicyclic amines) is 2. The fourth-order valence-electron chi connectivity index (χ4n) is 5.46. The first-order valence-corrected chi connectivity index (χ1v) is 12.7. The number of ether oxygens (including phenoxy) is 1. The minimum absolute atomic E-state index is 0.0685. The number of amides is 2. The Morgan fingerprint density at radius 2 is 1.86 bits per heavy atom. The first kappa shape index (κ1) is 23.4. The number of carbonyl (C=O) groups excluding carboxylic acids is 2. The van der Waals surface area contributed by atoms with Gasteiger partial charge in [-0.15, -0.1) is 0 Å². The fraction of sp³-hybridized carbons (Fsp3) is 0.464. The van der Waals surface area contributed by atoms with Crippen LogP contribution in [0.2, 0.25) is 0 Å². The summed E-state index contributed by atoms with van der Waals surface area (Å²) in [5.74, 6) is 1.51. The van der Waals surface area contributed by atoms with Gasteiger partial charge in [-0.25, -0.2) is 4.98 Å². The Morgan fingerprint density at radius 3 is 2.54 bits per heavy atom. The summed E-state index contributed by atoms with van der Waals surface area (Å²) in [6, 6.07) is 15.4. The molecular weight excluding hydrogens is 442 g/mol. The van der Waals surface area contributed by atoms with E-state index in [0.717, 1.165) is 54.0 Å². The Bertz CT molecular complexity index is 1150. The Balaban J connectivity index is 1.31. The van der Waals surface area contributed by atoms with Crippen molar-refractivity contribution in [1.82, 2.24) is 14.8 Å². The number of benzene rings is 2. The molecule has 2 amide bonds. The molecule has 2 saturated heterocycles. The van der Waals surface area contributed by atoms with Crippen molar-refractivity contribution in [2.45, 2.75) is 51.0 Å². The molecule has 35 heavy (non-hydrogen) atoms. The van der Waals surface area contributed by atoms with E-state index in [9.17, 15) is 9.59 Å². The summed E-state index contributed by atoms with van der Waals surface area (Å²) in [5.41, 5.74) is 2.67. The summed E-state index contributed by atoms with van der Waals surface area (Å²) < 4.78 is 11.3. The quantitative estimate of drug-likeness (QED) is 0.484. The van der Waals surface area contributed by atoms with Crippen LogP contribution in [0.5, 0.6) is 5.75 Å². The van der Waals surface area contributed by atoms with E-state index < -0.39 is 0 Å². The molecule has 7 heteroatoms. The highest BCUT2D eigenvalue weighted by Crippen LogP contribution is 2.41. The molecule has 5 rings (SSSR count). The maximum atomic E-state index is 13.7. The smallest absolute Gasteiger partial charge is 0.228 e. The van der Waals surface area contributed by atoms with Crippen molar-refractivity contribution in [2.24, 2.45) is 5.92 Å². The summed E-state index contributed by atoms with van der Waals surface area (Å²) in [4.78, 5) is 35.3. The third-order valence-corrected chi connectivity index (χ3v) is 7.43. The van der Waals surface area contributed by atoms with E-state index in [1.807, 2.05) is 58.3 Å². The molecule has 0 N–H and O–H groups in total. The molecule has 2 aliphatic heterocycles. The van der Waals surface area contributed by atoms with E-state index in [4.69, 9.17) is 9.15 Å². The van der Waals surface area contributed by atoms with E-state index in [1.165, 1.54) is 0 Å². The summed E-state index contributed by atoms with van der Waals surface area (Å²) in [5, 5.41) is 0. The summed E-state index contributed by atoms with van der Waals surface area (Å²) >= 11 is 0. The number of para-hydroxylation sites is 2. The van der Waals surface area contributed by atoms with Crippen molar-refractivity contribution in [1.29, 1.82) is 0 Å². The molecule has 7 nitrogen and oxygen atoms in total. The molecule has 0 aliphatic carbocycles. The number of fused-ring (bicyclic) bond motifs is 1. The first-order chi connectivity index (χ1) is 17.1. The van der Waals surface area contributed by atoms with Gasteiger partial charge in [0.15, 0.2) is 11.5 Å². The number of piperidine rings is 1. The Hall–Kier alpha value is -3.35.